The molecule has 3 aromatic rings. The molecular weight excluding hydrogens is 352 g/mol. The summed E-state index contributed by atoms with van der Waals surface area (Å²) in [5, 5.41) is 2.80. The van der Waals surface area contributed by atoms with Crippen LogP contribution in [0.5, 0.6) is 5.75 Å². The highest BCUT2D eigenvalue weighted by atomic mass is 16.5. The van der Waals surface area contributed by atoms with Gasteiger partial charge in [0.1, 0.15) is 11.3 Å². The number of hydrogen-bond acceptors (Lipinski definition) is 3. The highest BCUT2D eigenvalue weighted by molar-refractivity contribution is 5.93. The molecular formula is C23H24N2O3. The molecule has 2 aromatic carbocycles. The van der Waals surface area contributed by atoms with E-state index in [1.807, 2.05) is 61.5 Å². The number of nitrogens with zero attached hydrogens (tertiary/aromatic N) is 1. The number of benzene rings is 2. The summed E-state index contributed by atoms with van der Waals surface area (Å²) in [6, 6.07) is 20.8. The zero-order chi connectivity index (χ0) is 19.8. The van der Waals surface area contributed by atoms with Crippen LogP contribution in [0.25, 0.3) is 0 Å². The number of carbonyl (C=O) groups is 1. The Bertz CT molecular complexity index is 980. The van der Waals surface area contributed by atoms with Gasteiger partial charge in [-0.05, 0) is 48.7 Å². The van der Waals surface area contributed by atoms with Crippen molar-refractivity contribution in [2.45, 2.75) is 19.9 Å². The van der Waals surface area contributed by atoms with Gasteiger partial charge in [-0.25, -0.2) is 0 Å². The summed E-state index contributed by atoms with van der Waals surface area (Å²) >= 11 is 0. The molecule has 0 radical (unpaired) electrons. The molecule has 0 bridgehead atoms. The maximum atomic E-state index is 12.6. The number of hydrogen-bond donors (Lipinski definition) is 1. The Kier molecular flexibility index (Phi) is 6.63. The van der Waals surface area contributed by atoms with Gasteiger partial charge in [0.25, 0.3) is 11.5 Å². The number of carbonyl (C=O) groups excluding carboxylic acids is 1. The maximum Gasteiger partial charge on any atom is 0.263 e. The first-order valence-corrected chi connectivity index (χ1v) is 9.34. The summed E-state index contributed by atoms with van der Waals surface area (Å²) in [7, 11) is 0. The van der Waals surface area contributed by atoms with Crippen LogP contribution in [0.2, 0.25) is 0 Å². The minimum Gasteiger partial charge on any atom is -0.494 e. The average Bonchev–Trinajstić information content (AvgIpc) is 2.70. The van der Waals surface area contributed by atoms with E-state index in [2.05, 4.69) is 5.32 Å². The van der Waals surface area contributed by atoms with Crippen molar-refractivity contribution < 1.29 is 9.53 Å². The van der Waals surface area contributed by atoms with Crippen LogP contribution >= 0.6 is 0 Å². The fraction of sp³-hybridized carbons (Fsp3) is 0.217. The first-order chi connectivity index (χ1) is 13.6. The van der Waals surface area contributed by atoms with Crippen LogP contribution < -0.4 is 15.6 Å². The summed E-state index contributed by atoms with van der Waals surface area (Å²) in [6.07, 6.45) is 2.35. The molecule has 0 spiro atoms. The standard InChI is InChI=1S/C23H24N2O3/c1-18-8-5-11-20(16-18)28-15-7-13-24-22(26)21-12-6-14-25(23(21)27)17-19-9-3-2-4-10-19/h2-6,8-12,14,16H,7,13,15,17H2,1H3,(H,24,26). The molecule has 1 aromatic heterocycles. The third-order valence-corrected chi connectivity index (χ3v) is 4.33. The molecule has 1 amide bonds. The molecule has 0 aliphatic heterocycles. The van der Waals surface area contributed by atoms with Crippen LogP contribution in [0.1, 0.15) is 27.9 Å². The zero-order valence-electron chi connectivity index (χ0n) is 15.9. The summed E-state index contributed by atoms with van der Waals surface area (Å²) in [5.74, 6) is 0.459. The molecule has 0 aliphatic carbocycles. The molecule has 1 heterocycles. The summed E-state index contributed by atoms with van der Waals surface area (Å²) in [5.41, 5.74) is 2.01. The second-order valence-electron chi connectivity index (χ2n) is 6.61. The molecule has 0 saturated carbocycles. The maximum absolute atomic E-state index is 12.6. The van der Waals surface area contributed by atoms with E-state index in [1.165, 1.54) is 0 Å². The van der Waals surface area contributed by atoms with Crippen LogP contribution in [0.3, 0.4) is 0 Å². The number of nitrogens with one attached hydrogen (secondary N) is 1. The van der Waals surface area contributed by atoms with Crippen LogP contribution in [0.4, 0.5) is 0 Å². The van der Waals surface area contributed by atoms with Gasteiger partial charge in [-0.3, -0.25) is 9.59 Å². The molecule has 0 saturated heterocycles. The molecule has 1 N–H and O–H groups in total. The number of aromatic nitrogens is 1. The van der Waals surface area contributed by atoms with Gasteiger partial charge in [-0.1, -0.05) is 42.5 Å². The number of ether oxygens (including phenoxy) is 1. The third kappa shape index (κ3) is 5.33. The highest BCUT2D eigenvalue weighted by Gasteiger charge is 2.11. The number of amides is 1. The Hall–Kier alpha value is -3.34. The van der Waals surface area contributed by atoms with Gasteiger partial charge in [0, 0.05) is 12.7 Å². The largest absolute Gasteiger partial charge is 0.494 e. The van der Waals surface area contributed by atoms with E-state index in [9.17, 15) is 9.59 Å². The van der Waals surface area contributed by atoms with Gasteiger partial charge in [0.2, 0.25) is 0 Å². The quantitative estimate of drug-likeness (QED) is 0.613. The fourth-order valence-electron chi connectivity index (χ4n) is 2.88. The van der Waals surface area contributed by atoms with Gasteiger partial charge in [0.15, 0.2) is 0 Å². The van der Waals surface area contributed by atoms with Gasteiger partial charge in [0.05, 0.1) is 13.2 Å². The lowest BCUT2D eigenvalue weighted by Crippen LogP contribution is -2.33. The molecule has 28 heavy (non-hydrogen) atoms. The Morgan fingerprint density at radius 2 is 1.86 bits per heavy atom. The minimum atomic E-state index is -0.358. The predicted octanol–water partition coefficient (Wildman–Crippen LogP) is 3.40. The van der Waals surface area contributed by atoms with E-state index < -0.39 is 0 Å². The zero-order valence-corrected chi connectivity index (χ0v) is 15.9. The lowest BCUT2D eigenvalue weighted by atomic mass is 10.2. The number of rotatable bonds is 8. The van der Waals surface area contributed by atoms with Crippen LogP contribution in [-0.2, 0) is 6.54 Å². The third-order valence-electron chi connectivity index (χ3n) is 4.33. The van der Waals surface area contributed by atoms with Gasteiger partial charge >= 0.3 is 0 Å². The molecule has 3 rings (SSSR count). The van der Waals surface area contributed by atoms with Gasteiger partial charge in [-0.15, -0.1) is 0 Å². The molecule has 0 atom stereocenters. The monoisotopic (exact) mass is 376 g/mol. The van der Waals surface area contributed by atoms with E-state index in [4.69, 9.17) is 4.74 Å². The molecule has 5 heteroatoms. The SMILES string of the molecule is Cc1cccc(OCCCNC(=O)c2cccn(Cc3ccccc3)c2=O)c1. The molecule has 0 fully saturated rings. The number of pyridine rings is 1. The van der Waals surface area contributed by atoms with Crippen molar-refractivity contribution in [2.75, 3.05) is 13.2 Å². The normalized spacial score (nSPS) is 10.5. The predicted molar refractivity (Wildman–Crippen MR) is 110 cm³/mol. The van der Waals surface area contributed by atoms with Crippen molar-refractivity contribution in [1.82, 2.24) is 9.88 Å². The summed E-state index contributed by atoms with van der Waals surface area (Å²) < 4.78 is 7.21. The highest BCUT2D eigenvalue weighted by Crippen LogP contribution is 2.12. The van der Waals surface area contributed by atoms with Crippen LogP contribution in [0, 0.1) is 6.92 Å². The van der Waals surface area contributed by atoms with Crippen LogP contribution in [0.15, 0.2) is 77.7 Å². The van der Waals surface area contributed by atoms with Crippen LogP contribution in [-0.4, -0.2) is 23.6 Å². The second-order valence-corrected chi connectivity index (χ2v) is 6.61. The topological polar surface area (TPSA) is 60.3 Å². The number of aryl methyl sites for hydroxylation is 1. The van der Waals surface area contributed by atoms with E-state index in [1.54, 1.807) is 22.9 Å². The summed E-state index contributed by atoms with van der Waals surface area (Å²) in [6.45, 7) is 3.39. The van der Waals surface area contributed by atoms with Crippen molar-refractivity contribution in [3.63, 3.8) is 0 Å². The Morgan fingerprint density at radius 1 is 1.04 bits per heavy atom. The Labute approximate surface area is 164 Å². The van der Waals surface area contributed by atoms with Crippen molar-refractivity contribution in [2.24, 2.45) is 0 Å². The van der Waals surface area contributed by atoms with E-state index in [0.29, 0.717) is 26.1 Å². The van der Waals surface area contributed by atoms with Crippen molar-refractivity contribution >= 4 is 5.91 Å². The Balaban J connectivity index is 1.51. The smallest absolute Gasteiger partial charge is 0.263 e. The average molecular weight is 376 g/mol. The fourth-order valence-corrected chi connectivity index (χ4v) is 2.88. The lowest BCUT2D eigenvalue weighted by Gasteiger charge is -2.10. The van der Waals surface area contributed by atoms with Gasteiger partial charge in [-0.2, -0.15) is 0 Å². The molecule has 0 unspecified atom stereocenters. The Morgan fingerprint density at radius 3 is 2.64 bits per heavy atom. The van der Waals surface area contributed by atoms with Crippen molar-refractivity contribution in [3.05, 3.63) is 100.0 Å². The van der Waals surface area contributed by atoms with E-state index >= 15 is 0 Å². The van der Waals surface area contributed by atoms with E-state index in [-0.39, 0.29) is 17.0 Å². The minimum absolute atomic E-state index is 0.151. The lowest BCUT2D eigenvalue weighted by molar-refractivity contribution is 0.0949. The second kappa shape index (κ2) is 9.55. The van der Waals surface area contributed by atoms with E-state index in [0.717, 1.165) is 16.9 Å². The first kappa shape index (κ1) is 19.4. The molecule has 0 aliphatic rings. The molecule has 144 valence electrons. The summed E-state index contributed by atoms with van der Waals surface area (Å²) in [4.78, 5) is 25.0. The first-order valence-electron chi connectivity index (χ1n) is 9.34. The van der Waals surface area contributed by atoms with Crippen molar-refractivity contribution in [1.29, 1.82) is 0 Å². The molecule has 5 nitrogen and oxygen atoms in total. The van der Waals surface area contributed by atoms with Crippen molar-refractivity contribution in [3.8, 4) is 5.75 Å². The van der Waals surface area contributed by atoms with Gasteiger partial charge < -0.3 is 14.6 Å².